The number of hydrogen-bond acceptors (Lipinski definition) is 3. The molecule has 1 saturated carbocycles. The maximum absolute atomic E-state index is 8.81. The molecule has 3 heteroatoms. The zero-order chi connectivity index (χ0) is 11.6. The van der Waals surface area contributed by atoms with Crippen molar-refractivity contribution >= 4 is 0 Å². The predicted octanol–water partition coefficient (Wildman–Crippen LogP) is 2.18. The van der Waals surface area contributed by atoms with E-state index in [2.05, 4.69) is 17.9 Å². The van der Waals surface area contributed by atoms with Gasteiger partial charge in [-0.3, -0.25) is 4.90 Å². The highest BCUT2D eigenvalue weighted by Gasteiger charge is 2.37. The van der Waals surface area contributed by atoms with Crippen molar-refractivity contribution in [2.45, 2.75) is 51.2 Å². The summed E-state index contributed by atoms with van der Waals surface area (Å²) in [5, 5.41) is 8.81. The Balaban J connectivity index is 1.76. The van der Waals surface area contributed by atoms with Gasteiger partial charge in [0, 0.05) is 32.7 Å². The lowest BCUT2D eigenvalue weighted by Crippen LogP contribution is -2.57. The van der Waals surface area contributed by atoms with Gasteiger partial charge in [0.05, 0.1) is 12.2 Å². The van der Waals surface area contributed by atoms with Crippen molar-refractivity contribution in [2.24, 2.45) is 5.41 Å². The van der Waals surface area contributed by atoms with Gasteiger partial charge in [-0.1, -0.05) is 6.92 Å². The van der Waals surface area contributed by atoms with E-state index < -0.39 is 0 Å². The van der Waals surface area contributed by atoms with Crippen molar-refractivity contribution in [1.29, 1.82) is 5.26 Å². The Morgan fingerprint density at radius 3 is 2.50 bits per heavy atom. The first kappa shape index (κ1) is 11.9. The molecule has 2 aliphatic rings. The van der Waals surface area contributed by atoms with Gasteiger partial charge in [-0.05, 0) is 31.1 Å². The molecule has 3 nitrogen and oxygen atoms in total. The number of rotatable bonds is 3. The van der Waals surface area contributed by atoms with E-state index in [-0.39, 0.29) is 5.41 Å². The summed E-state index contributed by atoms with van der Waals surface area (Å²) in [6.45, 7) is 4.48. The highest BCUT2D eigenvalue weighted by Crippen LogP contribution is 2.40. The van der Waals surface area contributed by atoms with E-state index in [0.717, 1.165) is 25.6 Å². The lowest BCUT2D eigenvalue weighted by atomic mass is 9.71. The third kappa shape index (κ3) is 2.39. The standard InChI is InChI=1S/C13H22N2O/c1-13(7-8-14)5-3-11(4-6-13)15-9-12(10-15)16-2/h11-12H,3-7,9-10H2,1-2H3/t11-,13+. The molecule has 0 bridgehead atoms. The molecule has 0 unspecified atom stereocenters. The first-order chi connectivity index (χ1) is 7.67. The maximum Gasteiger partial charge on any atom is 0.0825 e. The van der Waals surface area contributed by atoms with Crippen molar-refractivity contribution in [1.82, 2.24) is 4.90 Å². The van der Waals surface area contributed by atoms with E-state index in [1.807, 2.05) is 0 Å². The number of likely N-dealkylation sites (tertiary alicyclic amines) is 1. The van der Waals surface area contributed by atoms with Gasteiger partial charge in [0.15, 0.2) is 0 Å². The van der Waals surface area contributed by atoms with Crippen molar-refractivity contribution < 1.29 is 4.74 Å². The lowest BCUT2D eigenvalue weighted by molar-refractivity contribution is -0.0635. The fourth-order valence-electron chi connectivity index (χ4n) is 2.95. The summed E-state index contributed by atoms with van der Waals surface area (Å²) in [6.07, 6.45) is 6.12. The van der Waals surface area contributed by atoms with Gasteiger partial charge >= 0.3 is 0 Å². The predicted molar refractivity (Wildman–Crippen MR) is 63.0 cm³/mol. The minimum Gasteiger partial charge on any atom is -0.379 e. The molecule has 1 aliphatic heterocycles. The fraction of sp³-hybridized carbons (Fsp3) is 0.923. The highest BCUT2D eigenvalue weighted by molar-refractivity contribution is 4.94. The van der Waals surface area contributed by atoms with Crippen LogP contribution in [-0.4, -0.2) is 37.2 Å². The summed E-state index contributed by atoms with van der Waals surface area (Å²) >= 11 is 0. The lowest BCUT2D eigenvalue weighted by Gasteiger charge is -2.47. The van der Waals surface area contributed by atoms with E-state index >= 15 is 0 Å². The van der Waals surface area contributed by atoms with Gasteiger partial charge in [-0.15, -0.1) is 0 Å². The van der Waals surface area contributed by atoms with Crippen molar-refractivity contribution in [3.05, 3.63) is 0 Å². The highest BCUT2D eigenvalue weighted by atomic mass is 16.5. The molecule has 0 aromatic carbocycles. The maximum atomic E-state index is 8.81. The number of methoxy groups -OCH3 is 1. The van der Waals surface area contributed by atoms with Crippen LogP contribution in [0.4, 0.5) is 0 Å². The normalized spacial score (nSPS) is 36.7. The second kappa shape index (κ2) is 4.73. The summed E-state index contributed by atoms with van der Waals surface area (Å²) in [4.78, 5) is 2.54. The molecule has 0 spiro atoms. The fourth-order valence-corrected chi connectivity index (χ4v) is 2.95. The summed E-state index contributed by atoms with van der Waals surface area (Å²) in [5.41, 5.74) is 0.288. The topological polar surface area (TPSA) is 36.3 Å². The molecule has 0 atom stereocenters. The van der Waals surface area contributed by atoms with Crippen LogP contribution in [-0.2, 0) is 4.74 Å². The Kier molecular flexibility index (Phi) is 3.51. The van der Waals surface area contributed by atoms with Crippen LogP contribution in [0, 0.1) is 16.7 Å². The smallest absolute Gasteiger partial charge is 0.0825 e. The Morgan fingerprint density at radius 1 is 1.38 bits per heavy atom. The van der Waals surface area contributed by atoms with E-state index in [9.17, 15) is 0 Å². The van der Waals surface area contributed by atoms with Crippen LogP contribution < -0.4 is 0 Å². The van der Waals surface area contributed by atoms with E-state index in [1.165, 1.54) is 25.7 Å². The molecule has 2 rings (SSSR count). The van der Waals surface area contributed by atoms with Crippen molar-refractivity contribution in [3.8, 4) is 6.07 Å². The molecule has 2 fully saturated rings. The van der Waals surface area contributed by atoms with E-state index in [0.29, 0.717) is 6.10 Å². The molecule has 0 aromatic rings. The first-order valence-corrected chi connectivity index (χ1v) is 6.31. The van der Waals surface area contributed by atoms with Crippen LogP contribution in [0.2, 0.25) is 0 Å². The van der Waals surface area contributed by atoms with Gasteiger partial charge in [0.25, 0.3) is 0 Å². The molecule has 1 aliphatic carbocycles. The quantitative estimate of drug-likeness (QED) is 0.734. The molecule has 0 radical (unpaired) electrons. The van der Waals surface area contributed by atoms with Crippen LogP contribution in [0.3, 0.4) is 0 Å². The Bertz CT molecular complexity index is 270. The Hall–Kier alpha value is -0.590. The number of hydrogen-bond donors (Lipinski definition) is 0. The van der Waals surface area contributed by atoms with Crippen LogP contribution in [0.15, 0.2) is 0 Å². The molecule has 0 N–H and O–H groups in total. The van der Waals surface area contributed by atoms with E-state index in [1.54, 1.807) is 7.11 Å². The molecule has 0 amide bonds. The van der Waals surface area contributed by atoms with Gasteiger partial charge in [-0.25, -0.2) is 0 Å². The van der Waals surface area contributed by atoms with Crippen molar-refractivity contribution in [2.75, 3.05) is 20.2 Å². The van der Waals surface area contributed by atoms with Gasteiger partial charge in [0.2, 0.25) is 0 Å². The van der Waals surface area contributed by atoms with Crippen molar-refractivity contribution in [3.63, 3.8) is 0 Å². The number of nitrogens with zero attached hydrogens (tertiary/aromatic N) is 2. The van der Waals surface area contributed by atoms with Crippen LogP contribution in [0.1, 0.15) is 39.0 Å². The van der Waals surface area contributed by atoms with Crippen LogP contribution >= 0.6 is 0 Å². The molecular formula is C13H22N2O. The average molecular weight is 222 g/mol. The molecule has 0 aromatic heterocycles. The molecular weight excluding hydrogens is 200 g/mol. The summed E-state index contributed by atoms with van der Waals surface area (Å²) in [7, 11) is 1.80. The number of ether oxygens (including phenoxy) is 1. The zero-order valence-corrected chi connectivity index (χ0v) is 10.4. The van der Waals surface area contributed by atoms with Gasteiger partial charge in [-0.2, -0.15) is 5.26 Å². The minimum atomic E-state index is 0.288. The van der Waals surface area contributed by atoms with Gasteiger partial charge in [0.1, 0.15) is 0 Å². The monoisotopic (exact) mass is 222 g/mol. The number of nitriles is 1. The molecule has 90 valence electrons. The molecule has 1 saturated heterocycles. The Labute approximate surface area is 98.4 Å². The second-order valence-electron chi connectivity index (χ2n) is 5.69. The first-order valence-electron chi connectivity index (χ1n) is 6.31. The molecule has 16 heavy (non-hydrogen) atoms. The SMILES string of the molecule is COC1CN([C@H]2CC[C@@](C)(CC#N)CC2)C1. The largest absolute Gasteiger partial charge is 0.379 e. The summed E-state index contributed by atoms with van der Waals surface area (Å²) < 4.78 is 5.30. The zero-order valence-electron chi connectivity index (χ0n) is 10.4. The van der Waals surface area contributed by atoms with Crippen LogP contribution in [0.25, 0.3) is 0 Å². The van der Waals surface area contributed by atoms with Crippen LogP contribution in [0.5, 0.6) is 0 Å². The Morgan fingerprint density at radius 2 is 2.00 bits per heavy atom. The molecule has 1 heterocycles. The third-order valence-electron chi connectivity index (χ3n) is 4.39. The van der Waals surface area contributed by atoms with E-state index in [4.69, 9.17) is 10.00 Å². The third-order valence-corrected chi connectivity index (χ3v) is 4.39. The summed E-state index contributed by atoms with van der Waals surface area (Å²) in [6, 6.07) is 3.08. The average Bonchev–Trinajstić information content (AvgIpc) is 2.20. The van der Waals surface area contributed by atoms with Gasteiger partial charge < -0.3 is 4.74 Å². The second-order valence-corrected chi connectivity index (χ2v) is 5.69. The minimum absolute atomic E-state index is 0.288. The summed E-state index contributed by atoms with van der Waals surface area (Å²) in [5.74, 6) is 0.